The van der Waals surface area contributed by atoms with Crippen molar-refractivity contribution in [2.45, 2.75) is 25.3 Å². The topological polar surface area (TPSA) is 106 Å². The molecule has 0 saturated heterocycles. The van der Waals surface area contributed by atoms with Crippen molar-refractivity contribution in [1.82, 2.24) is 25.0 Å². The molecular formula is C17H16N6O2. The Labute approximate surface area is 142 Å². The number of rotatable bonds is 5. The fourth-order valence-corrected chi connectivity index (χ4v) is 2.55. The minimum absolute atomic E-state index is 0.0244. The highest BCUT2D eigenvalue weighted by molar-refractivity contribution is 6.03. The number of carbonyl (C=O) groups excluding carboxylic acids is 1. The molecule has 1 amide bonds. The van der Waals surface area contributed by atoms with E-state index in [0.29, 0.717) is 12.5 Å². The van der Waals surface area contributed by atoms with E-state index in [1.165, 1.54) is 6.33 Å². The molecule has 2 aromatic heterocycles. The van der Waals surface area contributed by atoms with Gasteiger partial charge in [-0.3, -0.25) is 14.9 Å². The average Bonchev–Trinajstić information content (AvgIpc) is 3.38. The monoisotopic (exact) mass is 336 g/mol. The third kappa shape index (κ3) is 3.47. The van der Waals surface area contributed by atoms with Crippen molar-refractivity contribution in [3.8, 4) is 0 Å². The maximum Gasteiger partial charge on any atom is 0.277 e. The van der Waals surface area contributed by atoms with E-state index in [9.17, 15) is 9.59 Å². The number of aromatic nitrogens is 5. The molecule has 1 saturated carbocycles. The van der Waals surface area contributed by atoms with Gasteiger partial charge < -0.3 is 0 Å². The highest BCUT2D eigenvalue weighted by Crippen LogP contribution is 2.38. The zero-order valence-electron chi connectivity index (χ0n) is 13.3. The fraction of sp³-hybridized carbons (Fsp3) is 0.235. The van der Waals surface area contributed by atoms with Crippen LogP contribution in [0.3, 0.4) is 0 Å². The first kappa shape index (κ1) is 15.3. The summed E-state index contributed by atoms with van der Waals surface area (Å²) in [6.07, 6.45) is 3.60. The number of amides is 1. The first-order valence-corrected chi connectivity index (χ1v) is 8.03. The van der Waals surface area contributed by atoms with Gasteiger partial charge in [-0.25, -0.2) is 14.8 Å². The second-order valence-corrected chi connectivity index (χ2v) is 6.02. The zero-order chi connectivity index (χ0) is 17.2. The van der Waals surface area contributed by atoms with Crippen molar-refractivity contribution in [1.29, 1.82) is 0 Å². The molecule has 8 nitrogen and oxygen atoms in total. The summed E-state index contributed by atoms with van der Waals surface area (Å²) < 4.78 is 1.62. The summed E-state index contributed by atoms with van der Waals surface area (Å²) in [4.78, 5) is 28.3. The minimum atomic E-state index is -0.539. The molecular weight excluding hydrogens is 320 g/mol. The predicted molar refractivity (Wildman–Crippen MR) is 90.4 cm³/mol. The number of anilines is 1. The van der Waals surface area contributed by atoms with Crippen LogP contribution in [-0.4, -0.2) is 30.9 Å². The van der Waals surface area contributed by atoms with Gasteiger partial charge in [-0.15, -0.1) is 5.10 Å². The average molecular weight is 336 g/mol. The lowest BCUT2D eigenvalue weighted by Gasteiger charge is -2.03. The second-order valence-electron chi connectivity index (χ2n) is 6.02. The Hall–Kier alpha value is -3.29. The second kappa shape index (κ2) is 6.31. The lowest BCUT2D eigenvalue weighted by atomic mass is 10.2. The quantitative estimate of drug-likeness (QED) is 0.735. The smallest absolute Gasteiger partial charge is 0.277 e. The molecule has 0 spiro atoms. The van der Waals surface area contributed by atoms with Gasteiger partial charge in [0.15, 0.2) is 0 Å². The van der Waals surface area contributed by atoms with Gasteiger partial charge in [-0.2, -0.15) is 5.10 Å². The highest BCUT2D eigenvalue weighted by atomic mass is 16.2. The Morgan fingerprint density at radius 3 is 2.84 bits per heavy atom. The molecule has 1 fully saturated rings. The molecule has 4 rings (SSSR count). The van der Waals surface area contributed by atoms with Gasteiger partial charge in [0.2, 0.25) is 5.95 Å². The summed E-state index contributed by atoms with van der Waals surface area (Å²) in [6.45, 7) is 0.547. The number of carbonyl (C=O) groups is 1. The molecule has 2 N–H and O–H groups in total. The number of hydrogen-bond acceptors (Lipinski definition) is 5. The SMILES string of the molecule is O=C(Nc1ncn(Cc2ccccc2)n1)c1cc(C2CC2)n[nH]c1=O. The maximum atomic E-state index is 12.3. The van der Waals surface area contributed by atoms with E-state index >= 15 is 0 Å². The fourth-order valence-electron chi connectivity index (χ4n) is 2.55. The summed E-state index contributed by atoms with van der Waals surface area (Å²) in [6, 6.07) is 11.3. The van der Waals surface area contributed by atoms with Crippen LogP contribution in [0.2, 0.25) is 0 Å². The zero-order valence-corrected chi connectivity index (χ0v) is 13.3. The van der Waals surface area contributed by atoms with Crippen molar-refractivity contribution < 1.29 is 4.79 Å². The van der Waals surface area contributed by atoms with Crippen LogP contribution < -0.4 is 10.9 Å². The minimum Gasteiger partial charge on any atom is -0.289 e. The third-order valence-electron chi connectivity index (χ3n) is 4.01. The van der Waals surface area contributed by atoms with Crippen LogP contribution >= 0.6 is 0 Å². The Kier molecular flexibility index (Phi) is 3.85. The molecule has 25 heavy (non-hydrogen) atoms. The highest BCUT2D eigenvalue weighted by Gasteiger charge is 2.27. The Morgan fingerprint density at radius 2 is 2.08 bits per heavy atom. The Balaban J connectivity index is 1.48. The predicted octanol–water partition coefficient (Wildman–Crippen LogP) is 1.54. The van der Waals surface area contributed by atoms with E-state index in [1.807, 2.05) is 30.3 Å². The molecule has 0 aliphatic heterocycles. The van der Waals surface area contributed by atoms with Crippen molar-refractivity contribution in [3.63, 3.8) is 0 Å². The molecule has 1 aliphatic carbocycles. The number of benzene rings is 1. The van der Waals surface area contributed by atoms with Gasteiger partial charge in [0.1, 0.15) is 11.9 Å². The van der Waals surface area contributed by atoms with E-state index in [-0.39, 0.29) is 11.5 Å². The van der Waals surface area contributed by atoms with E-state index in [1.54, 1.807) is 10.7 Å². The van der Waals surface area contributed by atoms with Crippen LogP contribution in [0.4, 0.5) is 5.95 Å². The lowest BCUT2D eigenvalue weighted by molar-refractivity contribution is 0.102. The van der Waals surface area contributed by atoms with Crippen LogP contribution in [0.5, 0.6) is 0 Å². The van der Waals surface area contributed by atoms with Gasteiger partial charge in [0.05, 0.1) is 12.2 Å². The normalized spacial score (nSPS) is 13.6. The summed E-state index contributed by atoms with van der Waals surface area (Å²) in [5.41, 5.74) is 1.32. The largest absolute Gasteiger partial charge is 0.289 e. The number of nitrogens with one attached hydrogen (secondary N) is 2. The van der Waals surface area contributed by atoms with Crippen molar-refractivity contribution in [3.05, 3.63) is 69.9 Å². The Morgan fingerprint density at radius 1 is 1.28 bits per heavy atom. The number of nitrogens with zero attached hydrogens (tertiary/aromatic N) is 4. The van der Waals surface area contributed by atoms with Crippen molar-refractivity contribution in [2.75, 3.05) is 5.32 Å². The number of hydrogen-bond donors (Lipinski definition) is 2. The van der Waals surface area contributed by atoms with Gasteiger partial charge >= 0.3 is 0 Å². The van der Waals surface area contributed by atoms with Crippen LogP contribution in [-0.2, 0) is 6.54 Å². The van der Waals surface area contributed by atoms with Gasteiger partial charge in [0, 0.05) is 5.92 Å². The Bertz CT molecular complexity index is 959. The van der Waals surface area contributed by atoms with Crippen LogP contribution in [0.25, 0.3) is 0 Å². The first-order valence-electron chi connectivity index (χ1n) is 8.03. The van der Waals surface area contributed by atoms with Gasteiger partial charge in [-0.05, 0) is 24.5 Å². The molecule has 0 unspecified atom stereocenters. The number of aromatic amines is 1. The molecule has 0 bridgehead atoms. The third-order valence-corrected chi connectivity index (χ3v) is 4.01. The number of H-pyrrole nitrogens is 1. The summed E-state index contributed by atoms with van der Waals surface area (Å²) in [7, 11) is 0. The van der Waals surface area contributed by atoms with Crippen LogP contribution in [0, 0.1) is 0 Å². The summed E-state index contributed by atoms with van der Waals surface area (Å²) in [5.74, 6) is -0.0419. The van der Waals surface area contributed by atoms with Gasteiger partial charge in [-0.1, -0.05) is 30.3 Å². The molecule has 126 valence electrons. The lowest BCUT2D eigenvalue weighted by Crippen LogP contribution is -2.25. The standard InChI is InChI=1S/C17H16N6O2/c24-15(13-8-14(12-6-7-12)20-21-16(13)25)19-17-18-10-23(22-17)9-11-4-2-1-3-5-11/h1-5,8,10,12H,6-7,9H2,(H,21,25)(H,19,22,24). The summed E-state index contributed by atoms with van der Waals surface area (Å²) in [5, 5.41) is 13.1. The molecule has 1 aromatic carbocycles. The van der Waals surface area contributed by atoms with Crippen LogP contribution in [0.15, 0.2) is 47.5 Å². The summed E-state index contributed by atoms with van der Waals surface area (Å²) >= 11 is 0. The molecule has 0 atom stereocenters. The molecule has 3 aromatic rings. The first-order chi connectivity index (χ1) is 12.2. The van der Waals surface area contributed by atoms with E-state index in [0.717, 1.165) is 24.1 Å². The van der Waals surface area contributed by atoms with Gasteiger partial charge in [0.25, 0.3) is 11.5 Å². The van der Waals surface area contributed by atoms with E-state index in [4.69, 9.17) is 0 Å². The van der Waals surface area contributed by atoms with Crippen molar-refractivity contribution in [2.24, 2.45) is 0 Å². The molecule has 8 heteroatoms. The maximum absolute atomic E-state index is 12.3. The molecule has 0 radical (unpaired) electrons. The van der Waals surface area contributed by atoms with E-state index in [2.05, 4.69) is 25.6 Å². The molecule has 1 aliphatic rings. The van der Waals surface area contributed by atoms with E-state index < -0.39 is 11.5 Å². The van der Waals surface area contributed by atoms with Crippen molar-refractivity contribution >= 4 is 11.9 Å². The van der Waals surface area contributed by atoms with Crippen LogP contribution in [0.1, 0.15) is 40.4 Å². The molecule has 2 heterocycles.